The monoisotopic (exact) mass is 599 g/mol. The van der Waals surface area contributed by atoms with Crippen LogP contribution in [0.4, 0.5) is 18.9 Å². The quantitative estimate of drug-likeness (QED) is 0.300. The first-order valence-corrected chi connectivity index (χ1v) is 14.5. The number of imidazole rings is 1. The van der Waals surface area contributed by atoms with Crippen molar-refractivity contribution < 1.29 is 31.1 Å². The Labute approximate surface area is 241 Å². The number of methoxy groups -OCH3 is 2. The van der Waals surface area contributed by atoms with Crippen molar-refractivity contribution in [2.75, 3.05) is 32.5 Å². The number of nitrogens with one attached hydrogen (secondary N) is 1. The van der Waals surface area contributed by atoms with E-state index in [2.05, 4.69) is 10.4 Å². The van der Waals surface area contributed by atoms with Crippen molar-refractivity contribution in [2.45, 2.75) is 18.0 Å². The van der Waals surface area contributed by atoms with E-state index in [4.69, 9.17) is 9.47 Å². The summed E-state index contributed by atoms with van der Waals surface area (Å²) in [5.41, 5.74) is 5.60. The normalized spacial score (nSPS) is 14.1. The number of nitrogens with zero attached hydrogens (tertiary/aromatic N) is 4. The highest BCUT2D eigenvalue weighted by molar-refractivity contribution is 7.90. The first-order chi connectivity index (χ1) is 19.8. The number of benzene rings is 3. The molecule has 1 N–H and O–H groups in total. The minimum Gasteiger partial charge on any atom is -0.497 e. The van der Waals surface area contributed by atoms with Crippen molar-refractivity contribution in [1.82, 2.24) is 20.1 Å². The van der Waals surface area contributed by atoms with Gasteiger partial charge in [-0.05, 0) is 54.4 Å². The second-order valence-corrected chi connectivity index (χ2v) is 11.6. The molecule has 0 atom stereocenters. The van der Waals surface area contributed by atoms with Crippen LogP contribution in [0.2, 0.25) is 0 Å². The van der Waals surface area contributed by atoms with Gasteiger partial charge in [-0.15, -0.1) is 5.12 Å². The number of halogens is 3. The van der Waals surface area contributed by atoms with E-state index in [-0.39, 0.29) is 10.7 Å². The fraction of sp³-hybridized carbons (Fsp3) is 0.207. The van der Waals surface area contributed by atoms with Crippen LogP contribution < -0.4 is 19.9 Å². The third-order valence-corrected chi connectivity index (χ3v) is 7.94. The Morgan fingerprint density at radius 1 is 0.929 bits per heavy atom. The maximum absolute atomic E-state index is 13.6. The van der Waals surface area contributed by atoms with E-state index in [9.17, 15) is 21.6 Å². The highest BCUT2D eigenvalue weighted by atomic mass is 32.2. The molecule has 2 heterocycles. The van der Waals surface area contributed by atoms with Gasteiger partial charge in [0.25, 0.3) is 0 Å². The summed E-state index contributed by atoms with van der Waals surface area (Å²) >= 11 is 0. The molecule has 1 aliphatic rings. The van der Waals surface area contributed by atoms with E-state index >= 15 is 0 Å². The summed E-state index contributed by atoms with van der Waals surface area (Å²) in [4.78, 5) is 3.91. The Hall–Kier alpha value is -4.49. The molecule has 0 saturated carbocycles. The molecule has 0 spiro atoms. The molecule has 0 amide bonds. The predicted molar refractivity (Wildman–Crippen MR) is 153 cm³/mol. The largest absolute Gasteiger partial charge is 0.497 e. The SMILES string of the molecule is COc1ccc(C2=CNN(C)N2c2cc(-c3cccc(S(C)(=O)=O)c3)ccc2-n2cc(C(F)(F)F)nc2C)c(OC)c1. The van der Waals surface area contributed by atoms with Crippen LogP contribution in [0.25, 0.3) is 22.5 Å². The topological polar surface area (TPSA) is 88.9 Å². The number of anilines is 1. The van der Waals surface area contributed by atoms with Crippen molar-refractivity contribution in [3.8, 4) is 28.3 Å². The first-order valence-electron chi connectivity index (χ1n) is 12.6. The van der Waals surface area contributed by atoms with Crippen LogP contribution in [0.5, 0.6) is 11.5 Å². The number of hydrogen-bond acceptors (Lipinski definition) is 8. The van der Waals surface area contributed by atoms with E-state index in [1.165, 1.54) is 24.7 Å². The molecule has 4 aromatic rings. The maximum Gasteiger partial charge on any atom is 0.434 e. The van der Waals surface area contributed by atoms with Gasteiger partial charge in [-0.2, -0.15) is 13.2 Å². The van der Waals surface area contributed by atoms with Gasteiger partial charge in [0, 0.05) is 37.3 Å². The summed E-state index contributed by atoms with van der Waals surface area (Å²) in [6.07, 6.45) is -0.799. The molecular weight excluding hydrogens is 571 g/mol. The number of aromatic nitrogens is 2. The van der Waals surface area contributed by atoms with E-state index in [1.54, 1.807) is 79.0 Å². The van der Waals surface area contributed by atoms with E-state index < -0.39 is 21.7 Å². The summed E-state index contributed by atoms with van der Waals surface area (Å²) in [7, 11) is 1.35. The van der Waals surface area contributed by atoms with Crippen molar-refractivity contribution in [3.05, 3.63) is 90.1 Å². The number of hydrazine groups is 2. The van der Waals surface area contributed by atoms with Gasteiger partial charge in [0.05, 0.1) is 36.2 Å². The van der Waals surface area contributed by atoms with Gasteiger partial charge < -0.3 is 19.5 Å². The van der Waals surface area contributed by atoms with Gasteiger partial charge in [0.2, 0.25) is 0 Å². The second kappa shape index (κ2) is 10.7. The van der Waals surface area contributed by atoms with Crippen LogP contribution in [0.3, 0.4) is 0 Å². The molecule has 0 bridgehead atoms. The van der Waals surface area contributed by atoms with Gasteiger partial charge in [0.1, 0.15) is 17.3 Å². The molecule has 0 unspecified atom stereocenters. The third-order valence-electron chi connectivity index (χ3n) is 6.83. The smallest absolute Gasteiger partial charge is 0.434 e. The summed E-state index contributed by atoms with van der Waals surface area (Å²) in [5.74, 6) is 1.24. The number of hydrogen-bond donors (Lipinski definition) is 1. The molecule has 3 aromatic carbocycles. The average Bonchev–Trinajstić information content (AvgIpc) is 3.54. The number of ether oxygens (including phenoxy) is 2. The average molecular weight is 600 g/mol. The Balaban J connectivity index is 1.73. The number of aryl methyl sites for hydroxylation is 1. The number of alkyl halides is 3. The fourth-order valence-corrected chi connectivity index (χ4v) is 5.43. The zero-order chi connectivity index (χ0) is 30.4. The molecule has 9 nitrogen and oxygen atoms in total. The van der Waals surface area contributed by atoms with Crippen LogP contribution in [0.15, 0.2) is 78.0 Å². The van der Waals surface area contributed by atoms with Crippen LogP contribution in [-0.2, 0) is 16.0 Å². The van der Waals surface area contributed by atoms with Crippen LogP contribution in [-0.4, -0.2) is 50.6 Å². The van der Waals surface area contributed by atoms with Crippen LogP contribution in [0, 0.1) is 6.92 Å². The Morgan fingerprint density at radius 2 is 1.67 bits per heavy atom. The lowest BCUT2D eigenvalue weighted by molar-refractivity contribution is -0.141. The zero-order valence-electron chi connectivity index (χ0n) is 23.4. The second-order valence-electron chi connectivity index (χ2n) is 9.60. The van der Waals surface area contributed by atoms with Gasteiger partial charge in [-0.25, -0.2) is 13.4 Å². The molecule has 5 rings (SSSR count). The lowest BCUT2D eigenvalue weighted by atomic mass is 10.0. The fourth-order valence-electron chi connectivity index (χ4n) is 4.76. The van der Waals surface area contributed by atoms with Gasteiger partial charge >= 0.3 is 6.18 Å². The minimum absolute atomic E-state index is 0.137. The van der Waals surface area contributed by atoms with Crippen molar-refractivity contribution >= 4 is 21.2 Å². The predicted octanol–water partition coefficient (Wildman–Crippen LogP) is 5.46. The molecule has 0 radical (unpaired) electrons. The molecular formula is C29H28F3N5O4S. The summed E-state index contributed by atoms with van der Waals surface area (Å²) in [6.45, 7) is 1.50. The van der Waals surface area contributed by atoms with Gasteiger partial charge in [-0.1, -0.05) is 18.2 Å². The lowest BCUT2D eigenvalue weighted by Gasteiger charge is -2.31. The van der Waals surface area contributed by atoms with Gasteiger partial charge in [0.15, 0.2) is 15.5 Å². The van der Waals surface area contributed by atoms with Crippen LogP contribution >= 0.6 is 0 Å². The van der Waals surface area contributed by atoms with Crippen molar-refractivity contribution in [1.29, 1.82) is 0 Å². The minimum atomic E-state index is -4.63. The van der Waals surface area contributed by atoms with E-state index in [0.29, 0.717) is 45.3 Å². The Kier molecular flexibility index (Phi) is 7.41. The summed E-state index contributed by atoms with van der Waals surface area (Å²) in [6, 6.07) is 17.0. The lowest BCUT2D eigenvalue weighted by Crippen LogP contribution is -2.40. The standard InChI is InChI=1S/C29H28F3N5O4S/c1-18-34-28(29(30,31)32)17-36(18)24-12-9-20(19-7-6-8-22(13-19)42(5,38)39)14-25(24)37-26(16-33-35(37)2)23-11-10-21(40-3)15-27(23)41-4/h6-17,33H,1-5H3. The van der Waals surface area contributed by atoms with Crippen LogP contribution in [0.1, 0.15) is 17.1 Å². The zero-order valence-corrected chi connectivity index (χ0v) is 24.2. The molecule has 1 aliphatic heterocycles. The summed E-state index contributed by atoms with van der Waals surface area (Å²) in [5, 5.41) is 3.46. The maximum atomic E-state index is 13.6. The van der Waals surface area contributed by atoms with Crippen molar-refractivity contribution in [2.24, 2.45) is 0 Å². The Morgan fingerprint density at radius 3 is 2.31 bits per heavy atom. The summed E-state index contributed by atoms with van der Waals surface area (Å²) < 4.78 is 77.7. The molecule has 0 saturated heterocycles. The molecule has 42 heavy (non-hydrogen) atoms. The van der Waals surface area contributed by atoms with E-state index in [0.717, 1.165) is 12.5 Å². The van der Waals surface area contributed by atoms with E-state index in [1.807, 2.05) is 6.07 Å². The molecule has 0 aliphatic carbocycles. The molecule has 1 aromatic heterocycles. The number of rotatable bonds is 7. The van der Waals surface area contributed by atoms with Gasteiger partial charge in [-0.3, -0.25) is 5.01 Å². The molecule has 220 valence electrons. The number of sulfone groups is 1. The molecule has 0 fully saturated rings. The van der Waals surface area contributed by atoms with Crippen molar-refractivity contribution in [3.63, 3.8) is 0 Å². The Bertz CT molecular complexity index is 1800. The molecule has 13 heteroatoms. The highest BCUT2D eigenvalue weighted by Gasteiger charge is 2.35. The highest BCUT2D eigenvalue weighted by Crippen LogP contribution is 2.41. The third kappa shape index (κ3) is 5.40. The first kappa shape index (κ1) is 29.0.